The number of hydrogen-bond donors (Lipinski definition) is 2. The van der Waals surface area contributed by atoms with Crippen LogP contribution in [0.4, 0.5) is 0 Å². The second kappa shape index (κ2) is 11.4. The molecule has 0 radical (unpaired) electrons. The molecule has 9 nitrogen and oxygen atoms in total. The molecule has 2 N–H and O–H groups in total. The van der Waals surface area contributed by atoms with E-state index >= 15 is 0 Å². The molecule has 3 aliphatic rings. The summed E-state index contributed by atoms with van der Waals surface area (Å²) >= 11 is 5.93. The number of hydrogen-bond acceptors (Lipinski definition) is 6. The fraction of sp³-hybridized carbons (Fsp3) is 0.667. The van der Waals surface area contributed by atoms with E-state index in [2.05, 4.69) is 15.6 Å². The van der Waals surface area contributed by atoms with Gasteiger partial charge in [-0.15, -0.1) is 0 Å². The highest BCUT2D eigenvalue weighted by atomic mass is 35.5. The third kappa shape index (κ3) is 7.66. The van der Waals surface area contributed by atoms with Crippen molar-refractivity contribution in [3.63, 3.8) is 0 Å². The maximum absolute atomic E-state index is 13.4. The first kappa shape index (κ1) is 27.4. The van der Waals surface area contributed by atoms with Crippen LogP contribution in [0.25, 0.3) is 0 Å². The number of halogens is 1. The highest BCUT2D eigenvalue weighted by Crippen LogP contribution is 2.32. The van der Waals surface area contributed by atoms with Gasteiger partial charge in [-0.1, -0.05) is 51.6 Å². The van der Waals surface area contributed by atoms with Gasteiger partial charge in [-0.05, 0) is 36.7 Å². The average Bonchev–Trinajstić information content (AvgIpc) is 3.50. The molecular weight excluding hydrogens is 496 g/mol. The third-order valence-corrected chi connectivity index (χ3v) is 7.37. The second-order valence-electron chi connectivity index (χ2n) is 11.8. The molecule has 2 aliphatic carbocycles. The minimum absolute atomic E-state index is 0.0631. The lowest BCUT2D eigenvalue weighted by atomic mass is 9.80. The summed E-state index contributed by atoms with van der Waals surface area (Å²) in [5, 5.41) is 6.06. The van der Waals surface area contributed by atoms with E-state index in [1.807, 2.05) is 20.8 Å². The fourth-order valence-electron chi connectivity index (χ4n) is 4.72. The first-order chi connectivity index (χ1) is 17.5. The van der Waals surface area contributed by atoms with Gasteiger partial charge in [0.1, 0.15) is 0 Å². The smallest absolute Gasteiger partial charge is 0.289 e. The number of nitrogens with zero attached hydrogens (tertiary/aromatic N) is 2. The number of carbonyl (C=O) groups excluding carboxylic acids is 4. The van der Waals surface area contributed by atoms with Crippen LogP contribution in [0.15, 0.2) is 18.3 Å². The Bertz CT molecular complexity index is 1020. The fourth-order valence-corrected chi connectivity index (χ4v) is 4.83. The Hall–Kier alpha value is -2.68. The number of carbonyl (C=O) groups is 4. The molecule has 4 rings (SSSR count). The summed E-state index contributed by atoms with van der Waals surface area (Å²) < 4.78 is 6.02. The van der Waals surface area contributed by atoms with Gasteiger partial charge in [-0.3, -0.25) is 19.2 Å². The van der Waals surface area contributed by atoms with Crippen LogP contribution in [0.5, 0.6) is 5.88 Å². The summed E-state index contributed by atoms with van der Waals surface area (Å²) in [4.78, 5) is 57.7. The number of ketones is 1. The highest BCUT2D eigenvalue weighted by molar-refractivity contribution is 6.38. The Morgan fingerprint density at radius 1 is 1.16 bits per heavy atom. The number of aromatic nitrogens is 1. The van der Waals surface area contributed by atoms with E-state index in [-0.39, 0.29) is 36.2 Å². The minimum Gasteiger partial charge on any atom is -0.453 e. The number of ether oxygens (including phenoxy) is 1. The lowest BCUT2D eigenvalue weighted by molar-refractivity contribution is -0.141. The molecule has 202 valence electrons. The molecule has 1 aromatic heterocycles. The van der Waals surface area contributed by atoms with Gasteiger partial charge in [0, 0.05) is 37.7 Å². The predicted octanol–water partition coefficient (Wildman–Crippen LogP) is 3.25. The molecule has 3 amide bonds. The number of nitrogens with one attached hydrogen (secondary N) is 2. The van der Waals surface area contributed by atoms with Gasteiger partial charge in [0.15, 0.2) is 6.23 Å². The molecule has 2 heterocycles. The predicted molar refractivity (Wildman–Crippen MR) is 138 cm³/mol. The van der Waals surface area contributed by atoms with Gasteiger partial charge in [0.25, 0.3) is 5.91 Å². The van der Waals surface area contributed by atoms with Crippen molar-refractivity contribution < 1.29 is 23.9 Å². The van der Waals surface area contributed by atoms with E-state index in [1.54, 1.807) is 17.0 Å². The van der Waals surface area contributed by atoms with Crippen LogP contribution in [-0.4, -0.2) is 58.2 Å². The van der Waals surface area contributed by atoms with E-state index < -0.39 is 29.9 Å². The summed E-state index contributed by atoms with van der Waals surface area (Å²) in [6.45, 7) is 6.10. The van der Waals surface area contributed by atoms with Crippen molar-refractivity contribution in [3.8, 4) is 5.88 Å². The summed E-state index contributed by atoms with van der Waals surface area (Å²) in [7, 11) is 0. The summed E-state index contributed by atoms with van der Waals surface area (Å²) in [6.07, 6.45) is 6.61. The van der Waals surface area contributed by atoms with Crippen LogP contribution in [0, 0.1) is 17.3 Å². The van der Waals surface area contributed by atoms with Gasteiger partial charge in [0.2, 0.25) is 23.5 Å². The monoisotopic (exact) mass is 532 g/mol. The van der Waals surface area contributed by atoms with Crippen molar-refractivity contribution in [2.75, 3.05) is 6.54 Å². The van der Waals surface area contributed by atoms with Crippen molar-refractivity contribution in [3.05, 3.63) is 23.4 Å². The van der Waals surface area contributed by atoms with E-state index in [0.717, 1.165) is 32.1 Å². The minimum atomic E-state index is -0.867. The quantitative estimate of drug-likeness (QED) is 0.447. The molecule has 37 heavy (non-hydrogen) atoms. The molecular formula is C27H37ClN4O5. The van der Waals surface area contributed by atoms with Crippen molar-refractivity contribution in [2.45, 2.75) is 90.4 Å². The van der Waals surface area contributed by atoms with Crippen LogP contribution in [0.1, 0.15) is 72.1 Å². The lowest BCUT2D eigenvalue weighted by Gasteiger charge is -2.29. The Labute approximate surface area is 223 Å². The standard InChI is InChI=1S/C27H37ClN4O5/c1-27(2,3)13-22(33)32-15-17(12-23(32)37-21-10-7-18(28)14-29-21)25(35)31-20(11-16-5-4-6-16)24(34)26(36)30-19-8-9-19/h7,10,14,16-17,19-20,23H,4-6,8-9,11-13,15H2,1-3H3,(H,30,36)(H,31,35)/t17-,20+,23+/m1/s1. The number of Topliss-reactive ketones (excluding diaryl/α,β-unsaturated/α-hetero) is 1. The zero-order valence-electron chi connectivity index (χ0n) is 21.8. The zero-order valence-corrected chi connectivity index (χ0v) is 22.6. The maximum Gasteiger partial charge on any atom is 0.289 e. The Kier molecular flexibility index (Phi) is 8.41. The summed E-state index contributed by atoms with van der Waals surface area (Å²) in [5.74, 6) is -1.64. The highest BCUT2D eigenvalue weighted by Gasteiger charge is 2.43. The third-order valence-electron chi connectivity index (χ3n) is 7.14. The molecule has 0 spiro atoms. The number of amides is 3. The number of rotatable bonds is 10. The van der Waals surface area contributed by atoms with Crippen LogP contribution in [0.3, 0.4) is 0 Å². The summed E-state index contributed by atoms with van der Waals surface area (Å²) in [6, 6.07) is 2.46. The molecule has 2 saturated carbocycles. The topological polar surface area (TPSA) is 118 Å². The van der Waals surface area contributed by atoms with Crippen LogP contribution in [0.2, 0.25) is 5.02 Å². The molecule has 3 atom stereocenters. The number of pyridine rings is 1. The van der Waals surface area contributed by atoms with Gasteiger partial charge >= 0.3 is 0 Å². The summed E-state index contributed by atoms with van der Waals surface area (Å²) in [5.41, 5.74) is -0.240. The molecule has 0 unspecified atom stereocenters. The number of likely N-dealkylation sites (tertiary alicyclic amines) is 1. The van der Waals surface area contributed by atoms with Crippen molar-refractivity contribution in [1.82, 2.24) is 20.5 Å². The van der Waals surface area contributed by atoms with Crippen molar-refractivity contribution in [1.29, 1.82) is 0 Å². The first-order valence-electron chi connectivity index (χ1n) is 13.2. The largest absolute Gasteiger partial charge is 0.453 e. The molecule has 3 fully saturated rings. The molecule has 0 bridgehead atoms. The second-order valence-corrected chi connectivity index (χ2v) is 12.2. The van der Waals surface area contributed by atoms with Crippen molar-refractivity contribution >= 4 is 35.1 Å². The molecule has 10 heteroatoms. The lowest BCUT2D eigenvalue weighted by Crippen LogP contribution is -2.50. The van der Waals surface area contributed by atoms with E-state index in [9.17, 15) is 19.2 Å². The Balaban J connectivity index is 1.45. The molecule has 1 saturated heterocycles. The van der Waals surface area contributed by atoms with Crippen LogP contribution < -0.4 is 15.4 Å². The maximum atomic E-state index is 13.4. The normalized spacial score (nSPS) is 22.6. The van der Waals surface area contributed by atoms with E-state index in [4.69, 9.17) is 16.3 Å². The Morgan fingerprint density at radius 3 is 2.46 bits per heavy atom. The van der Waals surface area contributed by atoms with Gasteiger partial charge in [0.05, 0.1) is 17.0 Å². The van der Waals surface area contributed by atoms with Gasteiger partial charge in [-0.25, -0.2) is 4.98 Å². The van der Waals surface area contributed by atoms with Crippen LogP contribution in [-0.2, 0) is 19.2 Å². The average molecular weight is 533 g/mol. The van der Waals surface area contributed by atoms with E-state index in [0.29, 0.717) is 29.7 Å². The van der Waals surface area contributed by atoms with Crippen LogP contribution >= 0.6 is 11.6 Å². The SMILES string of the molecule is CC(C)(C)CC(=O)N1C[C@H](C(=O)N[C@@H](CC2CCC2)C(=O)C(=O)NC2CC2)C[C@@H]1Oc1ccc(Cl)cn1. The molecule has 0 aromatic carbocycles. The van der Waals surface area contributed by atoms with Gasteiger partial charge in [-0.2, -0.15) is 0 Å². The van der Waals surface area contributed by atoms with E-state index in [1.165, 1.54) is 6.20 Å². The molecule has 1 aliphatic heterocycles. The Morgan fingerprint density at radius 2 is 1.89 bits per heavy atom. The zero-order chi connectivity index (χ0) is 26.7. The first-order valence-corrected chi connectivity index (χ1v) is 13.6. The van der Waals surface area contributed by atoms with Crippen molar-refractivity contribution in [2.24, 2.45) is 17.3 Å². The molecule has 1 aromatic rings. The van der Waals surface area contributed by atoms with Gasteiger partial charge < -0.3 is 20.3 Å².